The van der Waals surface area contributed by atoms with Crippen molar-refractivity contribution < 1.29 is 4.79 Å². The highest BCUT2D eigenvalue weighted by Gasteiger charge is 2.26. The van der Waals surface area contributed by atoms with Gasteiger partial charge in [-0.05, 0) is 72.4 Å². The molecule has 2 aromatic rings. The zero-order valence-corrected chi connectivity index (χ0v) is 12.3. The molecule has 0 spiro atoms. The molecule has 0 fully saturated rings. The summed E-state index contributed by atoms with van der Waals surface area (Å²) in [6.45, 7) is 0. The molecule has 0 saturated heterocycles. The van der Waals surface area contributed by atoms with Crippen LogP contribution in [-0.2, 0) is 25.7 Å². The minimum absolute atomic E-state index is 0.361. The number of hydrogen-bond acceptors (Lipinski definition) is 1. The van der Waals surface area contributed by atoms with Gasteiger partial charge in [-0.25, -0.2) is 0 Å². The molecule has 0 unspecified atom stereocenters. The topological polar surface area (TPSA) is 17.1 Å². The summed E-state index contributed by atoms with van der Waals surface area (Å²) in [5, 5.41) is 0. The van der Waals surface area contributed by atoms with Crippen molar-refractivity contribution in [3.8, 4) is 0 Å². The highest BCUT2D eigenvalue weighted by Crippen LogP contribution is 2.35. The van der Waals surface area contributed by atoms with Gasteiger partial charge in [0.05, 0.1) is 0 Å². The molecule has 0 N–H and O–H groups in total. The Balaban J connectivity index is 1.86. The van der Waals surface area contributed by atoms with Gasteiger partial charge in [0, 0.05) is 12.0 Å². The van der Waals surface area contributed by atoms with Gasteiger partial charge in [-0.1, -0.05) is 30.3 Å². The zero-order chi connectivity index (χ0) is 14.2. The van der Waals surface area contributed by atoms with E-state index in [0.29, 0.717) is 5.78 Å². The Hall–Kier alpha value is -1.89. The number of rotatable bonds is 2. The van der Waals surface area contributed by atoms with Crippen LogP contribution in [-0.4, -0.2) is 5.78 Å². The standard InChI is InChI=1S/C20H20O/c21-20-11-5-10-17-18(12-14-6-2-1-3-7-14)16-9-4-8-15(16)13-19(17)20/h1-3,6-7,13H,4-5,8-12H2. The molecular formula is C20H20O. The molecular weight excluding hydrogens is 256 g/mol. The van der Waals surface area contributed by atoms with Crippen LogP contribution in [0.3, 0.4) is 0 Å². The van der Waals surface area contributed by atoms with Crippen LogP contribution in [0.5, 0.6) is 0 Å². The van der Waals surface area contributed by atoms with E-state index in [2.05, 4.69) is 36.4 Å². The van der Waals surface area contributed by atoms with E-state index in [1.807, 2.05) is 0 Å². The maximum Gasteiger partial charge on any atom is 0.163 e. The summed E-state index contributed by atoms with van der Waals surface area (Å²) >= 11 is 0. The van der Waals surface area contributed by atoms with Crippen molar-refractivity contribution in [1.82, 2.24) is 0 Å². The molecule has 21 heavy (non-hydrogen) atoms. The first-order chi connectivity index (χ1) is 10.3. The molecule has 106 valence electrons. The van der Waals surface area contributed by atoms with Crippen molar-refractivity contribution in [2.75, 3.05) is 0 Å². The van der Waals surface area contributed by atoms with E-state index in [4.69, 9.17) is 0 Å². The predicted octanol–water partition coefficient (Wildman–Crippen LogP) is 4.29. The normalized spacial score (nSPS) is 16.7. The number of carbonyl (C=O) groups excluding carboxylic acids is 1. The summed E-state index contributed by atoms with van der Waals surface area (Å²) in [5.41, 5.74) is 8.21. The van der Waals surface area contributed by atoms with Crippen molar-refractivity contribution >= 4 is 5.78 Å². The molecule has 1 nitrogen and oxygen atoms in total. The van der Waals surface area contributed by atoms with Gasteiger partial charge < -0.3 is 0 Å². The first kappa shape index (κ1) is 12.8. The Kier molecular flexibility index (Phi) is 3.14. The molecule has 0 heterocycles. The molecule has 2 aliphatic rings. The Morgan fingerprint density at radius 1 is 0.857 bits per heavy atom. The molecule has 0 bridgehead atoms. The van der Waals surface area contributed by atoms with E-state index in [0.717, 1.165) is 37.7 Å². The summed E-state index contributed by atoms with van der Waals surface area (Å²) in [4.78, 5) is 12.3. The van der Waals surface area contributed by atoms with Crippen LogP contribution in [0, 0.1) is 0 Å². The van der Waals surface area contributed by atoms with Gasteiger partial charge in [-0.2, -0.15) is 0 Å². The molecule has 0 radical (unpaired) electrons. The third kappa shape index (κ3) is 2.21. The monoisotopic (exact) mass is 276 g/mol. The summed E-state index contributed by atoms with van der Waals surface area (Å²) in [6, 6.07) is 12.9. The fourth-order valence-electron chi connectivity index (χ4n) is 3.99. The van der Waals surface area contributed by atoms with Gasteiger partial charge in [0.15, 0.2) is 5.78 Å². The number of Topliss-reactive ketones (excluding diaryl/α,β-unsaturated/α-hetero) is 1. The molecule has 0 aliphatic heterocycles. The van der Waals surface area contributed by atoms with Crippen LogP contribution >= 0.6 is 0 Å². The highest BCUT2D eigenvalue weighted by molar-refractivity contribution is 5.99. The Morgan fingerprint density at radius 2 is 1.62 bits per heavy atom. The number of ketones is 1. The van der Waals surface area contributed by atoms with Crippen LogP contribution in [0.4, 0.5) is 0 Å². The average Bonchev–Trinajstić information content (AvgIpc) is 2.97. The molecule has 0 atom stereocenters. The van der Waals surface area contributed by atoms with Crippen LogP contribution in [0.2, 0.25) is 0 Å². The maximum absolute atomic E-state index is 12.3. The van der Waals surface area contributed by atoms with E-state index < -0.39 is 0 Å². The molecule has 2 aliphatic carbocycles. The van der Waals surface area contributed by atoms with Gasteiger partial charge in [0.2, 0.25) is 0 Å². The minimum atomic E-state index is 0.361. The van der Waals surface area contributed by atoms with Crippen LogP contribution in [0.15, 0.2) is 36.4 Å². The average molecular weight is 276 g/mol. The fraction of sp³-hybridized carbons (Fsp3) is 0.350. The SMILES string of the molecule is O=C1CCCc2c1cc1c(c2Cc2ccccc2)CCC1. The molecule has 4 rings (SSSR count). The van der Waals surface area contributed by atoms with Crippen molar-refractivity contribution in [2.45, 2.75) is 44.9 Å². The van der Waals surface area contributed by atoms with E-state index in [9.17, 15) is 4.79 Å². The molecule has 1 heteroatoms. The summed E-state index contributed by atoms with van der Waals surface area (Å²) < 4.78 is 0. The number of carbonyl (C=O) groups is 1. The van der Waals surface area contributed by atoms with Crippen LogP contribution in [0.1, 0.15) is 57.4 Å². The maximum atomic E-state index is 12.3. The highest BCUT2D eigenvalue weighted by atomic mass is 16.1. The fourth-order valence-corrected chi connectivity index (χ4v) is 3.99. The van der Waals surface area contributed by atoms with Crippen molar-refractivity contribution in [2.24, 2.45) is 0 Å². The lowest BCUT2D eigenvalue weighted by Gasteiger charge is -2.22. The second kappa shape index (κ2) is 5.14. The lowest BCUT2D eigenvalue weighted by Crippen LogP contribution is -2.15. The van der Waals surface area contributed by atoms with E-state index in [1.165, 1.54) is 35.1 Å². The molecule has 0 amide bonds. The third-order valence-corrected chi connectivity index (χ3v) is 4.99. The van der Waals surface area contributed by atoms with E-state index >= 15 is 0 Å². The van der Waals surface area contributed by atoms with E-state index in [1.54, 1.807) is 5.56 Å². The largest absolute Gasteiger partial charge is 0.294 e. The third-order valence-electron chi connectivity index (χ3n) is 4.99. The summed E-state index contributed by atoms with van der Waals surface area (Å²) in [5.74, 6) is 0.361. The first-order valence-electron chi connectivity index (χ1n) is 8.06. The number of hydrogen-bond donors (Lipinski definition) is 0. The molecule has 2 aromatic carbocycles. The van der Waals surface area contributed by atoms with Crippen LogP contribution in [0.25, 0.3) is 0 Å². The first-order valence-corrected chi connectivity index (χ1v) is 8.06. The van der Waals surface area contributed by atoms with Gasteiger partial charge >= 0.3 is 0 Å². The Bertz CT molecular complexity index is 698. The van der Waals surface area contributed by atoms with E-state index in [-0.39, 0.29) is 0 Å². The van der Waals surface area contributed by atoms with Gasteiger partial charge in [0.25, 0.3) is 0 Å². The Labute approximate surface area is 126 Å². The Morgan fingerprint density at radius 3 is 2.48 bits per heavy atom. The minimum Gasteiger partial charge on any atom is -0.294 e. The lowest BCUT2D eigenvalue weighted by atomic mass is 9.81. The number of fused-ring (bicyclic) bond motifs is 2. The van der Waals surface area contributed by atoms with Crippen molar-refractivity contribution in [3.05, 3.63) is 69.8 Å². The lowest BCUT2D eigenvalue weighted by molar-refractivity contribution is 0.0972. The second-order valence-corrected chi connectivity index (χ2v) is 6.31. The number of aryl methyl sites for hydroxylation is 1. The quantitative estimate of drug-likeness (QED) is 0.800. The van der Waals surface area contributed by atoms with Crippen molar-refractivity contribution in [3.63, 3.8) is 0 Å². The van der Waals surface area contributed by atoms with Crippen molar-refractivity contribution in [1.29, 1.82) is 0 Å². The number of benzene rings is 2. The van der Waals surface area contributed by atoms with Gasteiger partial charge in [0.1, 0.15) is 0 Å². The predicted molar refractivity (Wildman–Crippen MR) is 85.0 cm³/mol. The zero-order valence-electron chi connectivity index (χ0n) is 12.3. The second-order valence-electron chi connectivity index (χ2n) is 6.31. The van der Waals surface area contributed by atoms with Gasteiger partial charge in [-0.15, -0.1) is 0 Å². The van der Waals surface area contributed by atoms with Crippen LogP contribution < -0.4 is 0 Å². The molecule has 0 aromatic heterocycles. The van der Waals surface area contributed by atoms with Gasteiger partial charge in [-0.3, -0.25) is 4.79 Å². The smallest absolute Gasteiger partial charge is 0.163 e. The molecule has 0 saturated carbocycles. The summed E-state index contributed by atoms with van der Waals surface area (Å²) in [6.07, 6.45) is 7.41. The summed E-state index contributed by atoms with van der Waals surface area (Å²) in [7, 11) is 0.